The van der Waals surface area contributed by atoms with Crippen LogP contribution in [0.25, 0.3) is 0 Å². The van der Waals surface area contributed by atoms with E-state index in [1.807, 2.05) is 24.6 Å². The largest absolute Gasteiger partial charge is 0.253 e. The van der Waals surface area contributed by atoms with Crippen LogP contribution in [0.3, 0.4) is 0 Å². The molecule has 2 nitrogen and oxygen atoms in total. The van der Waals surface area contributed by atoms with E-state index >= 15 is 0 Å². The van der Waals surface area contributed by atoms with E-state index in [0.29, 0.717) is 5.75 Å². The van der Waals surface area contributed by atoms with Gasteiger partial charge in [-0.2, -0.15) is 0 Å². The maximum atomic E-state index is 11.0. The minimum absolute atomic E-state index is 0.375. The first-order valence-electron chi connectivity index (χ1n) is 3.48. The van der Waals surface area contributed by atoms with Crippen molar-refractivity contribution in [2.45, 2.75) is 6.42 Å². The second-order valence-corrected chi connectivity index (χ2v) is 5.06. The third-order valence-electron chi connectivity index (χ3n) is 1.38. The average molecular weight is 170 g/mol. The highest BCUT2D eigenvalue weighted by molar-refractivity contribution is 7.91. The lowest BCUT2D eigenvalue weighted by molar-refractivity contribution is 0.680. The third-order valence-corrected chi connectivity index (χ3v) is 2.26. The quantitative estimate of drug-likeness (QED) is 0.674. The van der Waals surface area contributed by atoms with Crippen molar-refractivity contribution in [1.82, 2.24) is 0 Å². The van der Waals surface area contributed by atoms with E-state index in [2.05, 4.69) is 0 Å². The van der Waals surface area contributed by atoms with Gasteiger partial charge in [-0.3, -0.25) is 4.78 Å². The van der Waals surface area contributed by atoms with Crippen molar-refractivity contribution >= 4 is 9.73 Å². The van der Waals surface area contributed by atoms with E-state index in [1.54, 1.807) is 0 Å². The molecule has 0 aromatic rings. The summed E-state index contributed by atoms with van der Waals surface area (Å²) in [5.74, 6) is 0.375. The highest BCUT2D eigenvalue weighted by Gasteiger charge is 2.02. The van der Waals surface area contributed by atoms with Gasteiger partial charge in [-0.05, 0) is 18.4 Å². The number of allylic oxidation sites excluding steroid dienone is 3. The van der Waals surface area contributed by atoms with Gasteiger partial charge < -0.3 is 0 Å². The molecule has 1 atom stereocenters. The molecule has 0 heterocycles. The predicted octanol–water partition coefficient (Wildman–Crippen LogP) is 1.75. The zero-order valence-corrected chi connectivity index (χ0v) is 7.36. The van der Waals surface area contributed by atoms with Crippen molar-refractivity contribution in [3.8, 4) is 0 Å². The number of rotatable bonds is 2. The molecule has 0 amide bonds. The van der Waals surface area contributed by atoms with Crippen LogP contribution in [0.5, 0.6) is 0 Å². The Kier molecular flexibility index (Phi) is 2.49. The first-order valence-corrected chi connectivity index (χ1v) is 5.62. The van der Waals surface area contributed by atoms with Crippen LogP contribution >= 0.6 is 0 Å². The lowest BCUT2D eigenvalue weighted by Gasteiger charge is -2.05. The van der Waals surface area contributed by atoms with E-state index in [4.69, 9.17) is 4.78 Å². The van der Waals surface area contributed by atoms with Gasteiger partial charge in [0.05, 0.1) is 5.75 Å². The first-order chi connectivity index (χ1) is 5.08. The van der Waals surface area contributed by atoms with Crippen molar-refractivity contribution in [3.05, 3.63) is 30.2 Å². The van der Waals surface area contributed by atoms with Gasteiger partial charge in [0.2, 0.25) is 0 Å². The van der Waals surface area contributed by atoms with Gasteiger partial charge in [-0.15, -0.1) is 0 Å². The molecule has 3 heteroatoms. The Bertz CT molecular complexity index is 285. The van der Waals surface area contributed by atoms with Gasteiger partial charge in [0, 0.05) is 16.0 Å². The predicted molar refractivity (Wildman–Crippen MR) is 47.8 cm³/mol. The van der Waals surface area contributed by atoms with Crippen LogP contribution in [-0.4, -0.2) is 16.2 Å². The van der Waals surface area contributed by atoms with Crippen LogP contribution in [-0.2, 0) is 9.73 Å². The van der Waals surface area contributed by atoms with Crippen molar-refractivity contribution in [2.24, 2.45) is 0 Å². The summed E-state index contributed by atoms with van der Waals surface area (Å²) in [6, 6.07) is 0. The highest BCUT2D eigenvalue weighted by atomic mass is 32.2. The third kappa shape index (κ3) is 3.37. The molecular weight excluding hydrogens is 158 g/mol. The van der Waals surface area contributed by atoms with E-state index in [1.165, 1.54) is 6.26 Å². The molecule has 0 aromatic carbocycles. The second kappa shape index (κ2) is 3.22. The Morgan fingerprint density at radius 1 is 1.73 bits per heavy atom. The van der Waals surface area contributed by atoms with E-state index in [9.17, 15) is 4.21 Å². The number of hydrogen-bond donors (Lipinski definition) is 1. The summed E-state index contributed by atoms with van der Waals surface area (Å²) < 4.78 is 18.2. The molecule has 1 radical (unpaired) electrons. The Hall–Kier alpha value is -0.570. The van der Waals surface area contributed by atoms with Gasteiger partial charge in [0.1, 0.15) is 0 Å². The minimum atomic E-state index is -2.36. The van der Waals surface area contributed by atoms with E-state index in [-0.39, 0.29) is 0 Å². The second-order valence-electron chi connectivity index (χ2n) is 2.76. The summed E-state index contributed by atoms with van der Waals surface area (Å²) in [5, 5.41) is 0. The van der Waals surface area contributed by atoms with Gasteiger partial charge in [0.25, 0.3) is 0 Å². The molecule has 1 aliphatic carbocycles. The van der Waals surface area contributed by atoms with Crippen LogP contribution in [0.15, 0.2) is 23.8 Å². The summed E-state index contributed by atoms with van der Waals surface area (Å²) in [5.41, 5.74) is 0.999. The fourth-order valence-electron chi connectivity index (χ4n) is 0.987. The van der Waals surface area contributed by atoms with Crippen LogP contribution in [0.2, 0.25) is 0 Å². The molecule has 0 spiro atoms. The lowest BCUT2D eigenvalue weighted by Crippen LogP contribution is -2.03. The molecule has 0 aliphatic heterocycles. The van der Waals surface area contributed by atoms with Gasteiger partial charge in [-0.1, -0.05) is 18.2 Å². The van der Waals surface area contributed by atoms with Gasteiger partial charge in [0.15, 0.2) is 0 Å². The lowest BCUT2D eigenvalue weighted by atomic mass is 10.1. The standard InChI is InChI=1S/C8H12NOS/c1-11(9,10)7-8-5-3-2-4-6-8/h3-6,9H,2,7H2,1H3. The zero-order valence-electron chi connectivity index (χ0n) is 6.54. The van der Waals surface area contributed by atoms with Crippen molar-refractivity contribution in [2.75, 3.05) is 12.0 Å². The Balaban J connectivity index is 2.64. The number of nitrogens with one attached hydrogen (secondary N) is 1. The van der Waals surface area contributed by atoms with Gasteiger partial charge in [-0.25, -0.2) is 4.21 Å². The smallest absolute Gasteiger partial charge is 0.0560 e. The molecule has 1 unspecified atom stereocenters. The summed E-state index contributed by atoms with van der Waals surface area (Å²) in [7, 11) is -2.36. The van der Waals surface area contributed by atoms with Crippen molar-refractivity contribution in [1.29, 1.82) is 4.78 Å². The highest BCUT2D eigenvalue weighted by Crippen LogP contribution is 2.10. The monoisotopic (exact) mass is 170 g/mol. The Labute approximate surface area is 68.0 Å². The van der Waals surface area contributed by atoms with Crippen LogP contribution in [0, 0.1) is 11.2 Å². The first kappa shape index (κ1) is 8.53. The molecule has 61 valence electrons. The molecule has 0 saturated carbocycles. The summed E-state index contributed by atoms with van der Waals surface area (Å²) >= 11 is 0. The minimum Gasteiger partial charge on any atom is -0.253 e. The molecule has 0 bridgehead atoms. The van der Waals surface area contributed by atoms with Crippen LogP contribution < -0.4 is 0 Å². The maximum Gasteiger partial charge on any atom is 0.0560 e. The average Bonchev–Trinajstić information content (AvgIpc) is 1.85. The molecule has 0 fully saturated rings. The summed E-state index contributed by atoms with van der Waals surface area (Å²) in [4.78, 5) is 0. The van der Waals surface area contributed by atoms with Crippen molar-refractivity contribution < 1.29 is 4.21 Å². The molecule has 1 rings (SSSR count). The Morgan fingerprint density at radius 2 is 2.45 bits per heavy atom. The Morgan fingerprint density at radius 3 is 2.91 bits per heavy atom. The fourth-order valence-corrected chi connectivity index (χ4v) is 1.82. The molecule has 1 aliphatic rings. The normalized spacial score (nSPS) is 22.5. The van der Waals surface area contributed by atoms with Crippen LogP contribution in [0.4, 0.5) is 0 Å². The van der Waals surface area contributed by atoms with Gasteiger partial charge >= 0.3 is 0 Å². The van der Waals surface area contributed by atoms with E-state index in [0.717, 1.165) is 12.0 Å². The maximum absolute atomic E-state index is 11.0. The van der Waals surface area contributed by atoms with Crippen LogP contribution in [0.1, 0.15) is 6.42 Å². The summed E-state index contributed by atoms with van der Waals surface area (Å²) in [6.45, 7) is 0. The molecular formula is C8H12NOS. The topological polar surface area (TPSA) is 40.9 Å². The number of hydrogen-bond acceptors (Lipinski definition) is 2. The molecule has 1 N–H and O–H groups in total. The van der Waals surface area contributed by atoms with E-state index < -0.39 is 9.73 Å². The summed E-state index contributed by atoms with van der Waals surface area (Å²) in [6.07, 6.45) is 10.3. The van der Waals surface area contributed by atoms with Crippen molar-refractivity contribution in [3.63, 3.8) is 0 Å². The zero-order chi connectivity index (χ0) is 8.32. The SMILES string of the molecule is CS(=N)(=O)CC1=C[CH]CC=C1. The molecule has 0 aromatic heterocycles. The molecule has 11 heavy (non-hydrogen) atoms. The fraction of sp³-hybridized carbons (Fsp3) is 0.375. The molecule has 0 saturated heterocycles.